The molecular formula is C16H17ClF3N3O2S2. The van der Waals surface area contributed by atoms with Crippen molar-refractivity contribution in [2.45, 2.75) is 25.9 Å². The number of halogens is 4. The molecule has 0 fully saturated rings. The van der Waals surface area contributed by atoms with Gasteiger partial charge in [-0.25, -0.2) is 4.98 Å². The van der Waals surface area contributed by atoms with Gasteiger partial charge in [0.2, 0.25) is 5.91 Å². The molecule has 2 rings (SSSR count). The number of anilines is 1. The molecule has 148 valence electrons. The fourth-order valence-electron chi connectivity index (χ4n) is 2.09. The van der Waals surface area contributed by atoms with Gasteiger partial charge in [0, 0.05) is 23.5 Å². The number of aromatic nitrogens is 2. The summed E-state index contributed by atoms with van der Waals surface area (Å²) in [6.45, 7) is 1.80. The molecule has 0 aliphatic rings. The third kappa shape index (κ3) is 6.86. The third-order valence-electron chi connectivity index (χ3n) is 3.56. The van der Waals surface area contributed by atoms with Crippen LogP contribution in [0.15, 0.2) is 24.5 Å². The van der Waals surface area contributed by atoms with Crippen molar-refractivity contribution in [1.29, 1.82) is 0 Å². The lowest BCUT2D eigenvalue weighted by Gasteiger charge is -2.14. The highest BCUT2D eigenvalue weighted by Gasteiger charge is 2.27. The van der Waals surface area contributed by atoms with Gasteiger partial charge < -0.3 is 10.5 Å². The van der Waals surface area contributed by atoms with Crippen LogP contribution in [0.4, 0.5) is 18.2 Å². The summed E-state index contributed by atoms with van der Waals surface area (Å²) < 4.78 is 37.2. The summed E-state index contributed by atoms with van der Waals surface area (Å²) in [5.41, 5.74) is 0.564. The number of thioether (sulfide) groups is 1. The summed E-state index contributed by atoms with van der Waals surface area (Å²) in [5, 5.41) is 15.0. The lowest BCUT2D eigenvalue weighted by molar-refractivity contribution is -0.604. The van der Waals surface area contributed by atoms with Crippen LogP contribution in [0.2, 0.25) is 5.15 Å². The van der Waals surface area contributed by atoms with Crippen LogP contribution in [0.25, 0.3) is 10.6 Å². The average Bonchev–Trinajstić information content (AvgIpc) is 2.94. The maximum atomic E-state index is 12.4. The number of nitrogens with one attached hydrogen (secondary N) is 1. The Bertz CT molecular complexity index is 787. The number of hydrogen-bond acceptors (Lipinski definition) is 5. The predicted octanol–water partition coefficient (Wildman–Crippen LogP) is 4.75. The molecule has 2 aromatic heterocycles. The van der Waals surface area contributed by atoms with Gasteiger partial charge in [0.05, 0.1) is 12.0 Å². The fourth-order valence-corrected chi connectivity index (χ4v) is 4.45. The second kappa shape index (κ2) is 9.61. The van der Waals surface area contributed by atoms with Crippen molar-refractivity contribution in [3.63, 3.8) is 0 Å². The lowest BCUT2D eigenvalue weighted by Crippen LogP contribution is -2.24. The standard InChI is InChI=1S/C16H17ClF3N3O2S2/c1-2-10(9-26-7-5-16(18,19)20)13(24)22-15-12(17)21-14(27-15)11-4-3-6-23(25)8-11/h3-4,6,8,10H,2,5,7,9H2,1H3,(H,22,24). The van der Waals surface area contributed by atoms with Gasteiger partial charge in [-0.2, -0.15) is 29.7 Å². The highest BCUT2D eigenvalue weighted by molar-refractivity contribution is 7.99. The van der Waals surface area contributed by atoms with E-state index >= 15 is 0 Å². The van der Waals surface area contributed by atoms with Gasteiger partial charge in [-0.1, -0.05) is 29.9 Å². The molecule has 0 radical (unpaired) electrons. The van der Waals surface area contributed by atoms with Crippen molar-refractivity contribution < 1.29 is 22.7 Å². The van der Waals surface area contributed by atoms with E-state index < -0.39 is 18.5 Å². The number of carbonyl (C=O) groups excluding carboxylic acids is 1. The molecule has 5 nitrogen and oxygen atoms in total. The van der Waals surface area contributed by atoms with Gasteiger partial charge in [0.25, 0.3) is 0 Å². The lowest BCUT2D eigenvalue weighted by atomic mass is 10.1. The Morgan fingerprint density at radius 2 is 2.26 bits per heavy atom. The molecule has 0 spiro atoms. The molecule has 0 aromatic carbocycles. The Labute approximate surface area is 167 Å². The molecule has 2 aromatic rings. The number of thiazole rings is 1. The maximum Gasteiger partial charge on any atom is 0.389 e. The SMILES string of the molecule is CCC(CSCCC(F)(F)F)C(=O)Nc1sc(-c2ccc[n+]([O-])c2)nc1Cl. The summed E-state index contributed by atoms with van der Waals surface area (Å²) in [4.78, 5) is 16.6. The molecule has 0 bridgehead atoms. The first kappa shape index (κ1) is 21.8. The van der Waals surface area contributed by atoms with Crippen LogP contribution in [-0.4, -0.2) is 28.6 Å². The minimum atomic E-state index is -4.19. The predicted molar refractivity (Wildman–Crippen MR) is 102 cm³/mol. The molecule has 1 atom stereocenters. The largest absolute Gasteiger partial charge is 0.619 e. The molecule has 0 aliphatic heterocycles. The van der Waals surface area contributed by atoms with Crippen LogP contribution in [-0.2, 0) is 4.79 Å². The summed E-state index contributed by atoms with van der Waals surface area (Å²) in [6.07, 6.45) is -1.90. The Kier molecular flexibility index (Phi) is 7.75. The minimum Gasteiger partial charge on any atom is -0.619 e. The van der Waals surface area contributed by atoms with Crippen LogP contribution < -0.4 is 10.0 Å². The van der Waals surface area contributed by atoms with Gasteiger partial charge in [-0.05, 0) is 12.5 Å². The Morgan fingerprint density at radius 3 is 2.89 bits per heavy atom. The molecule has 11 heteroatoms. The highest BCUT2D eigenvalue weighted by atomic mass is 35.5. The number of amides is 1. The van der Waals surface area contributed by atoms with E-state index in [0.29, 0.717) is 26.7 Å². The molecule has 0 saturated heterocycles. The van der Waals surface area contributed by atoms with Crippen molar-refractivity contribution >= 4 is 45.6 Å². The van der Waals surface area contributed by atoms with Gasteiger partial charge in [-0.3, -0.25) is 4.79 Å². The average molecular weight is 440 g/mol. The quantitative estimate of drug-likeness (QED) is 0.366. The monoisotopic (exact) mass is 439 g/mol. The second-order valence-corrected chi connectivity index (χ2v) is 8.13. The number of alkyl halides is 3. The van der Waals surface area contributed by atoms with Crippen molar-refractivity contribution in [2.24, 2.45) is 5.92 Å². The van der Waals surface area contributed by atoms with E-state index in [2.05, 4.69) is 10.3 Å². The van der Waals surface area contributed by atoms with E-state index in [1.54, 1.807) is 19.1 Å². The molecule has 1 N–H and O–H groups in total. The first-order valence-electron chi connectivity index (χ1n) is 8.00. The Hall–Kier alpha value is -1.52. The van der Waals surface area contributed by atoms with Gasteiger partial charge in [0.15, 0.2) is 17.5 Å². The van der Waals surface area contributed by atoms with E-state index in [-0.39, 0.29) is 22.6 Å². The summed E-state index contributed by atoms with van der Waals surface area (Å²) >= 11 is 8.30. The highest BCUT2D eigenvalue weighted by Crippen LogP contribution is 2.35. The topological polar surface area (TPSA) is 68.9 Å². The molecule has 1 amide bonds. The maximum absolute atomic E-state index is 12.4. The van der Waals surface area contributed by atoms with Crippen molar-refractivity contribution in [1.82, 2.24) is 4.98 Å². The van der Waals surface area contributed by atoms with Crippen LogP contribution in [0, 0.1) is 11.1 Å². The first-order chi connectivity index (χ1) is 12.7. The number of nitrogens with zero attached hydrogens (tertiary/aromatic N) is 2. The first-order valence-corrected chi connectivity index (χ1v) is 10.4. The summed E-state index contributed by atoms with van der Waals surface area (Å²) in [7, 11) is 0. The number of rotatable bonds is 8. The van der Waals surface area contributed by atoms with Crippen molar-refractivity contribution in [3.8, 4) is 10.6 Å². The summed E-state index contributed by atoms with van der Waals surface area (Å²) in [5.74, 6) is -0.551. The van der Waals surface area contributed by atoms with E-state index in [1.807, 2.05) is 0 Å². The van der Waals surface area contributed by atoms with Gasteiger partial charge in [-0.15, -0.1) is 0 Å². The number of pyridine rings is 1. The van der Waals surface area contributed by atoms with Gasteiger partial charge in [0.1, 0.15) is 10.0 Å². The fraction of sp³-hybridized carbons (Fsp3) is 0.438. The molecular weight excluding hydrogens is 423 g/mol. The zero-order valence-corrected chi connectivity index (χ0v) is 16.6. The van der Waals surface area contributed by atoms with Gasteiger partial charge >= 0.3 is 6.18 Å². The minimum absolute atomic E-state index is 0.0814. The van der Waals surface area contributed by atoms with Crippen molar-refractivity contribution in [2.75, 3.05) is 16.8 Å². The molecule has 0 saturated carbocycles. The number of hydrogen-bond donors (Lipinski definition) is 1. The number of carbonyl (C=O) groups is 1. The second-order valence-electron chi connectivity index (χ2n) is 5.63. The van der Waals surface area contributed by atoms with E-state index in [0.717, 1.165) is 23.1 Å². The summed E-state index contributed by atoms with van der Waals surface area (Å²) in [6, 6.07) is 3.27. The Morgan fingerprint density at radius 1 is 1.52 bits per heavy atom. The molecule has 27 heavy (non-hydrogen) atoms. The zero-order valence-electron chi connectivity index (χ0n) is 14.3. The normalized spacial score (nSPS) is 12.8. The van der Waals surface area contributed by atoms with Crippen LogP contribution >= 0.6 is 34.7 Å². The van der Waals surface area contributed by atoms with Crippen LogP contribution in [0.5, 0.6) is 0 Å². The van der Waals surface area contributed by atoms with Crippen LogP contribution in [0.3, 0.4) is 0 Å². The third-order valence-corrected chi connectivity index (χ3v) is 6.09. The molecule has 0 aliphatic carbocycles. The molecule has 2 heterocycles. The van der Waals surface area contributed by atoms with E-state index in [1.165, 1.54) is 12.4 Å². The Balaban J connectivity index is 1.97. The van der Waals surface area contributed by atoms with Crippen LogP contribution in [0.1, 0.15) is 19.8 Å². The van der Waals surface area contributed by atoms with E-state index in [9.17, 15) is 23.2 Å². The van der Waals surface area contributed by atoms with Crippen molar-refractivity contribution in [3.05, 3.63) is 34.9 Å². The smallest absolute Gasteiger partial charge is 0.389 e. The van der Waals surface area contributed by atoms with E-state index in [4.69, 9.17) is 11.6 Å². The zero-order chi connectivity index (χ0) is 20.0. The molecule has 1 unspecified atom stereocenters.